The third-order valence-electron chi connectivity index (χ3n) is 3.14. The number of likely N-dealkylation sites (tertiary alicyclic amines) is 1. The number of hydrogen-bond acceptors (Lipinski definition) is 4. The highest BCUT2D eigenvalue weighted by Crippen LogP contribution is 2.09. The van der Waals surface area contributed by atoms with E-state index in [1.165, 1.54) is 0 Å². The molecule has 0 aliphatic carbocycles. The zero-order valence-corrected chi connectivity index (χ0v) is 10.5. The van der Waals surface area contributed by atoms with Crippen molar-refractivity contribution in [1.82, 2.24) is 4.90 Å². The van der Waals surface area contributed by atoms with Gasteiger partial charge in [0.15, 0.2) is 0 Å². The Labute approximate surface area is 108 Å². The van der Waals surface area contributed by atoms with Crippen LogP contribution in [-0.4, -0.2) is 53.6 Å². The lowest BCUT2D eigenvalue weighted by atomic mass is 10.2. The Morgan fingerprint density at radius 3 is 2.78 bits per heavy atom. The average molecular weight is 251 g/mol. The Kier molecular flexibility index (Phi) is 5.13. The number of benzene rings is 1. The Balaban J connectivity index is 1.61. The van der Waals surface area contributed by atoms with Crippen LogP contribution < -0.4 is 0 Å². The Morgan fingerprint density at radius 2 is 2.11 bits per heavy atom. The minimum atomic E-state index is -0.487. The standard InChI is InChI=1S/C14H21NO3/c16-13-6-7-15(8-13)9-14(17)11-18-10-12-4-2-1-3-5-12/h1-5,13-14,16-17H,6-11H2/t13-,14?/m0/s1. The fourth-order valence-electron chi connectivity index (χ4n) is 2.22. The number of hydrogen-bond donors (Lipinski definition) is 2. The summed E-state index contributed by atoms with van der Waals surface area (Å²) in [5.41, 5.74) is 1.11. The Hall–Kier alpha value is -0.940. The number of nitrogens with zero attached hydrogens (tertiary/aromatic N) is 1. The molecular weight excluding hydrogens is 230 g/mol. The summed E-state index contributed by atoms with van der Waals surface area (Å²) in [7, 11) is 0. The lowest BCUT2D eigenvalue weighted by Crippen LogP contribution is -2.33. The normalized spacial score (nSPS) is 22.2. The first-order valence-corrected chi connectivity index (χ1v) is 6.44. The third-order valence-corrected chi connectivity index (χ3v) is 3.14. The summed E-state index contributed by atoms with van der Waals surface area (Å²) in [6.45, 7) is 2.96. The van der Waals surface area contributed by atoms with E-state index in [1.54, 1.807) is 0 Å². The molecule has 0 spiro atoms. The molecule has 0 amide bonds. The van der Waals surface area contributed by atoms with Gasteiger partial charge in [0.1, 0.15) is 0 Å². The van der Waals surface area contributed by atoms with E-state index in [1.807, 2.05) is 30.3 Å². The fraction of sp³-hybridized carbons (Fsp3) is 0.571. The molecule has 1 unspecified atom stereocenters. The van der Waals surface area contributed by atoms with Gasteiger partial charge >= 0.3 is 0 Å². The summed E-state index contributed by atoms with van der Waals surface area (Å²) in [5, 5.41) is 19.2. The molecule has 1 aromatic carbocycles. The topological polar surface area (TPSA) is 52.9 Å². The van der Waals surface area contributed by atoms with E-state index in [9.17, 15) is 10.2 Å². The first kappa shape index (κ1) is 13.5. The first-order valence-electron chi connectivity index (χ1n) is 6.44. The van der Waals surface area contributed by atoms with Gasteiger partial charge in [0.25, 0.3) is 0 Å². The van der Waals surface area contributed by atoms with Crippen LogP contribution in [0.2, 0.25) is 0 Å². The third kappa shape index (κ3) is 4.38. The van der Waals surface area contributed by atoms with Gasteiger partial charge in [-0.15, -0.1) is 0 Å². The van der Waals surface area contributed by atoms with Gasteiger partial charge in [0.2, 0.25) is 0 Å². The Bertz CT molecular complexity index is 344. The maximum atomic E-state index is 9.83. The van der Waals surface area contributed by atoms with Crippen molar-refractivity contribution in [1.29, 1.82) is 0 Å². The highest BCUT2D eigenvalue weighted by molar-refractivity contribution is 5.13. The molecule has 2 rings (SSSR count). The molecule has 0 bridgehead atoms. The van der Waals surface area contributed by atoms with Crippen molar-refractivity contribution in [3.8, 4) is 0 Å². The van der Waals surface area contributed by atoms with Crippen molar-refractivity contribution < 1.29 is 14.9 Å². The zero-order valence-electron chi connectivity index (χ0n) is 10.5. The maximum Gasteiger partial charge on any atom is 0.0900 e. The molecule has 0 saturated carbocycles. The van der Waals surface area contributed by atoms with Crippen molar-refractivity contribution >= 4 is 0 Å². The van der Waals surface area contributed by atoms with Crippen molar-refractivity contribution in [2.75, 3.05) is 26.2 Å². The summed E-state index contributed by atoms with van der Waals surface area (Å²) in [4.78, 5) is 2.07. The second-order valence-electron chi connectivity index (χ2n) is 4.86. The summed E-state index contributed by atoms with van der Waals surface area (Å²) in [6, 6.07) is 9.92. The van der Waals surface area contributed by atoms with E-state index in [-0.39, 0.29) is 6.10 Å². The van der Waals surface area contributed by atoms with Crippen LogP contribution in [0.4, 0.5) is 0 Å². The van der Waals surface area contributed by atoms with Crippen LogP contribution in [0.5, 0.6) is 0 Å². The number of aliphatic hydroxyl groups is 2. The van der Waals surface area contributed by atoms with Crippen molar-refractivity contribution in [2.45, 2.75) is 25.2 Å². The zero-order chi connectivity index (χ0) is 12.8. The number of ether oxygens (including phenoxy) is 1. The van der Waals surface area contributed by atoms with Gasteiger partial charge in [-0.2, -0.15) is 0 Å². The lowest BCUT2D eigenvalue weighted by Gasteiger charge is -2.19. The molecule has 18 heavy (non-hydrogen) atoms. The summed E-state index contributed by atoms with van der Waals surface area (Å²) < 4.78 is 5.48. The van der Waals surface area contributed by atoms with E-state index in [0.717, 1.165) is 18.5 Å². The molecular formula is C14H21NO3. The highest BCUT2D eigenvalue weighted by Gasteiger charge is 2.22. The van der Waals surface area contributed by atoms with Gasteiger partial charge in [-0.05, 0) is 12.0 Å². The van der Waals surface area contributed by atoms with E-state index in [4.69, 9.17) is 4.74 Å². The number of rotatable bonds is 6. The molecule has 1 heterocycles. The highest BCUT2D eigenvalue weighted by atomic mass is 16.5. The van der Waals surface area contributed by atoms with Gasteiger partial charge in [-0.3, -0.25) is 4.90 Å². The summed E-state index contributed by atoms with van der Waals surface area (Å²) in [6.07, 6.45) is 0.0823. The minimum Gasteiger partial charge on any atom is -0.392 e. The van der Waals surface area contributed by atoms with Crippen LogP contribution in [0, 0.1) is 0 Å². The van der Waals surface area contributed by atoms with E-state index >= 15 is 0 Å². The largest absolute Gasteiger partial charge is 0.392 e. The summed E-state index contributed by atoms with van der Waals surface area (Å²) >= 11 is 0. The molecule has 1 aromatic rings. The van der Waals surface area contributed by atoms with Crippen LogP contribution in [0.15, 0.2) is 30.3 Å². The molecule has 1 fully saturated rings. The van der Waals surface area contributed by atoms with Crippen molar-refractivity contribution in [3.63, 3.8) is 0 Å². The van der Waals surface area contributed by atoms with E-state index < -0.39 is 6.10 Å². The number of β-amino-alcohol motifs (C(OH)–C–C–N with tert-alkyl or cyclic N) is 2. The SMILES string of the molecule is OC(COCc1ccccc1)CN1CC[C@H](O)C1. The van der Waals surface area contributed by atoms with E-state index in [2.05, 4.69) is 4.90 Å². The van der Waals surface area contributed by atoms with Crippen molar-refractivity contribution in [3.05, 3.63) is 35.9 Å². The molecule has 4 nitrogen and oxygen atoms in total. The van der Waals surface area contributed by atoms with Gasteiger partial charge < -0.3 is 14.9 Å². The van der Waals surface area contributed by atoms with Gasteiger partial charge in [-0.1, -0.05) is 30.3 Å². The monoisotopic (exact) mass is 251 g/mol. The maximum absolute atomic E-state index is 9.83. The molecule has 2 atom stereocenters. The molecule has 100 valence electrons. The predicted octanol–water partition coefficient (Wildman–Crippen LogP) is 0.631. The quantitative estimate of drug-likeness (QED) is 0.778. The molecule has 1 saturated heterocycles. The van der Waals surface area contributed by atoms with E-state index in [0.29, 0.717) is 26.3 Å². The second kappa shape index (κ2) is 6.85. The van der Waals surface area contributed by atoms with Crippen LogP contribution in [-0.2, 0) is 11.3 Å². The van der Waals surface area contributed by atoms with Gasteiger partial charge in [0.05, 0.1) is 25.4 Å². The molecule has 4 heteroatoms. The molecule has 0 radical (unpaired) electrons. The lowest BCUT2D eigenvalue weighted by molar-refractivity contribution is 0.0118. The van der Waals surface area contributed by atoms with Gasteiger partial charge in [-0.25, -0.2) is 0 Å². The number of aliphatic hydroxyl groups excluding tert-OH is 2. The smallest absolute Gasteiger partial charge is 0.0900 e. The molecule has 0 aromatic heterocycles. The van der Waals surface area contributed by atoms with Crippen LogP contribution >= 0.6 is 0 Å². The Morgan fingerprint density at radius 1 is 1.33 bits per heavy atom. The van der Waals surface area contributed by atoms with Crippen LogP contribution in [0.1, 0.15) is 12.0 Å². The predicted molar refractivity (Wildman–Crippen MR) is 69.2 cm³/mol. The molecule has 1 aliphatic heterocycles. The van der Waals surface area contributed by atoms with Gasteiger partial charge in [0, 0.05) is 19.6 Å². The minimum absolute atomic E-state index is 0.234. The first-order chi connectivity index (χ1) is 8.74. The summed E-state index contributed by atoms with van der Waals surface area (Å²) in [5.74, 6) is 0. The molecule has 2 N–H and O–H groups in total. The van der Waals surface area contributed by atoms with Crippen LogP contribution in [0.3, 0.4) is 0 Å². The van der Waals surface area contributed by atoms with Crippen molar-refractivity contribution in [2.24, 2.45) is 0 Å². The molecule has 1 aliphatic rings. The average Bonchev–Trinajstić information content (AvgIpc) is 2.76. The second-order valence-corrected chi connectivity index (χ2v) is 4.86. The van der Waals surface area contributed by atoms with Crippen LogP contribution in [0.25, 0.3) is 0 Å². The fourth-order valence-corrected chi connectivity index (χ4v) is 2.22.